The van der Waals surface area contributed by atoms with Crippen molar-refractivity contribution in [1.29, 1.82) is 0 Å². The molecule has 0 N–H and O–H groups in total. The molecule has 116 valence electrons. The van der Waals surface area contributed by atoms with Crippen molar-refractivity contribution in [3.8, 4) is 11.5 Å². The highest BCUT2D eigenvalue weighted by molar-refractivity contribution is 5.75. The van der Waals surface area contributed by atoms with E-state index in [1.54, 1.807) is 19.2 Å². The lowest BCUT2D eigenvalue weighted by Gasteiger charge is -2.36. The van der Waals surface area contributed by atoms with Crippen LogP contribution in [0.1, 0.15) is 52.4 Å². The summed E-state index contributed by atoms with van der Waals surface area (Å²) in [6.45, 7) is 4.58. The maximum atomic E-state index is 12.2. The highest BCUT2D eigenvalue weighted by Gasteiger charge is 2.34. The van der Waals surface area contributed by atoms with Gasteiger partial charge in [-0.05, 0) is 61.8 Å². The SMILES string of the molecule is CCCC1(C)CCC(C(=O)Oc2ccc(OC)cc2)CC1. The molecule has 0 amide bonds. The second kappa shape index (κ2) is 6.97. The van der Waals surface area contributed by atoms with Gasteiger partial charge in [0.05, 0.1) is 13.0 Å². The third-order valence-corrected chi connectivity index (χ3v) is 4.66. The first kappa shape index (κ1) is 15.9. The van der Waals surface area contributed by atoms with E-state index in [9.17, 15) is 4.79 Å². The standard InChI is InChI=1S/C18H26O3/c1-4-11-18(2)12-9-14(10-13-18)17(19)21-16-7-5-15(20-3)6-8-16/h5-8,14H,4,9-13H2,1-3H3. The summed E-state index contributed by atoms with van der Waals surface area (Å²) in [4.78, 5) is 12.2. The molecule has 0 bridgehead atoms. The predicted octanol–water partition coefficient (Wildman–Crippen LogP) is 4.60. The molecule has 1 aliphatic carbocycles. The molecule has 3 heteroatoms. The summed E-state index contributed by atoms with van der Waals surface area (Å²) in [5.74, 6) is 1.33. The number of ether oxygens (including phenoxy) is 2. The van der Waals surface area contributed by atoms with E-state index < -0.39 is 0 Å². The molecule has 0 radical (unpaired) electrons. The third kappa shape index (κ3) is 4.23. The minimum Gasteiger partial charge on any atom is -0.497 e. The van der Waals surface area contributed by atoms with Crippen LogP contribution in [0, 0.1) is 11.3 Å². The summed E-state index contributed by atoms with van der Waals surface area (Å²) < 4.78 is 10.6. The van der Waals surface area contributed by atoms with Crippen molar-refractivity contribution >= 4 is 5.97 Å². The molecule has 0 unspecified atom stereocenters. The summed E-state index contributed by atoms with van der Waals surface area (Å²) in [5.41, 5.74) is 0.422. The number of esters is 1. The Kier molecular flexibility index (Phi) is 5.27. The van der Waals surface area contributed by atoms with Gasteiger partial charge in [-0.1, -0.05) is 20.3 Å². The largest absolute Gasteiger partial charge is 0.497 e. The molecule has 0 spiro atoms. The van der Waals surface area contributed by atoms with Gasteiger partial charge >= 0.3 is 5.97 Å². The van der Waals surface area contributed by atoms with E-state index in [4.69, 9.17) is 9.47 Å². The molecule has 0 atom stereocenters. The molecule has 1 fully saturated rings. The van der Waals surface area contributed by atoms with E-state index in [1.807, 2.05) is 12.1 Å². The van der Waals surface area contributed by atoms with Crippen molar-refractivity contribution in [3.63, 3.8) is 0 Å². The molecule has 3 nitrogen and oxygen atoms in total. The summed E-state index contributed by atoms with van der Waals surface area (Å²) in [7, 11) is 1.62. The van der Waals surface area contributed by atoms with Gasteiger partial charge in [0.25, 0.3) is 0 Å². The molecule has 1 aromatic rings. The summed E-state index contributed by atoms with van der Waals surface area (Å²) >= 11 is 0. The molecule has 1 aromatic carbocycles. The second-order valence-corrected chi connectivity index (χ2v) is 6.43. The second-order valence-electron chi connectivity index (χ2n) is 6.43. The normalized spacial score (nSPS) is 25.4. The Morgan fingerprint density at radius 3 is 2.29 bits per heavy atom. The lowest BCUT2D eigenvalue weighted by molar-refractivity contribution is -0.140. The van der Waals surface area contributed by atoms with Crippen molar-refractivity contribution in [2.75, 3.05) is 7.11 Å². The number of benzene rings is 1. The zero-order valence-electron chi connectivity index (χ0n) is 13.4. The van der Waals surface area contributed by atoms with E-state index in [2.05, 4.69) is 13.8 Å². The number of hydrogen-bond acceptors (Lipinski definition) is 3. The molecule has 0 aromatic heterocycles. The molecular weight excluding hydrogens is 264 g/mol. The molecule has 1 aliphatic rings. The van der Waals surface area contributed by atoms with E-state index >= 15 is 0 Å². The van der Waals surface area contributed by atoms with Crippen molar-refractivity contribution < 1.29 is 14.3 Å². The van der Waals surface area contributed by atoms with Crippen LogP contribution in [0.25, 0.3) is 0 Å². The fourth-order valence-electron chi connectivity index (χ4n) is 3.25. The molecule has 0 aliphatic heterocycles. The first-order chi connectivity index (χ1) is 10.1. The molecule has 1 saturated carbocycles. The van der Waals surface area contributed by atoms with Crippen LogP contribution in [0.2, 0.25) is 0 Å². The van der Waals surface area contributed by atoms with Gasteiger partial charge in [-0.25, -0.2) is 0 Å². The summed E-state index contributed by atoms with van der Waals surface area (Å²) in [5, 5.41) is 0. The van der Waals surface area contributed by atoms with Crippen molar-refractivity contribution in [3.05, 3.63) is 24.3 Å². The van der Waals surface area contributed by atoms with Crippen molar-refractivity contribution in [2.24, 2.45) is 11.3 Å². The van der Waals surface area contributed by atoms with E-state index in [-0.39, 0.29) is 11.9 Å². The monoisotopic (exact) mass is 290 g/mol. The van der Waals surface area contributed by atoms with Crippen LogP contribution < -0.4 is 9.47 Å². The van der Waals surface area contributed by atoms with Crippen molar-refractivity contribution in [1.82, 2.24) is 0 Å². The van der Waals surface area contributed by atoms with Crippen LogP contribution in [0.5, 0.6) is 11.5 Å². The minimum atomic E-state index is -0.0845. The van der Waals surface area contributed by atoms with Gasteiger partial charge in [-0.3, -0.25) is 4.79 Å². The number of carbonyl (C=O) groups is 1. The number of hydrogen-bond donors (Lipinski definition) is 0. The highest BCUT2D eigenvalue weighted by atomic mass is 16.5. The third-order valence-electron chi connectivity index (χ3n) is 4.66. The number of methoxy groups -OCH3 is 1. The lowest BCUT2D eigenvalue weighted by atomic mass is 9.69. The van der Waals surface area contributed by atoms with Gasteiger partial charge < -0.3 is 9.47 Å². The zero-order valence-corrected chi connectivity index (χ0v) is 13.4. The van der Waals surface area contributed by atoms with Gasteiger partial charge in [-0.2, -0.15) is 0 Å². The Morgan fingerprint density at radius 1 is 1.19 bits per heavy atom. The average Bonchev–Trinajstić information content (AvgIpc) is 2.48. The van der Waals surface area contributed by atoms with E-state index in [1.165, 1.54) is 12.8 Å². The van der Waals surface area contributed by atoms with Crippen LogP contribution in [0.15, 0.2) is 24.3 Å². The lowest BCUT2D eigenvalue weighted by Crippen LogP contribution is -2.30. The van der Waals surface area contributed by atoms with Crippen LogP contribution in [0.4, 0.5) is 0 Å². The van der Waals surface area contributed by atoms with Gasteiger partial charge in [0.15, 0.2) is 0 Å². The molecule has 0 saturated heterocycles. The van der Waals surface area contributed by atoms with Crippen LogP contribution in [0.3, 0.4) is 0 Å². The molecule has 0 heterocycles. The van der Waals surface area contributed by atoms with Crippen LogP contribution in [-0.2, 0) is 4.79 Å². The van der Waals surface area contributed by atoms with Gasteiger partial charge in [0, 0.05) is 0 Å². The Bertz CT molecular complexity index is 456. The molecular formula is C18H26O3. The first-order valence-corrected chi connectivity index (χ1v) is 7.92. The smallest absolute Gasteiger partial charge is 0.314 e. The molecule has 21 heavy (non-hydrogen) atoms. The maximum Gasteiger partial charge on any atom is 0.314 e. The van der Waals surface area contributed by atoms with Crippen LogP contribution in [-0.4, -0.2) is 13.1 Å². The van der Waals surface area contributed by atoms with E-state index in [0.717, 1.165) is 31.4 Å². The topological polar surface area (TPSA) is 35.5 Å². The summed E-state index contributed by atoms with van der Waals surface area (Å²) in [6, 6.07) is 7.17. The predicted molar refractivity (Wildman–Crippen MR) is 83.6 cm³/mol. The Labute approximate surface area is 127 Å². The fraction of sp³-hybridized carbons (Fsp3) is 0.611. The first-order valence-electron chi connectivity index (χ1n) is 7.92. The van der Waals surface area contributed by atoms with Gasteiger partial charge in [-0.15, -0.1) is 0 Å². The highest BCUT2D eigenvalue weighted by Crippen LogP contribution is 2.42. The van der Waals surface area contributed by atoms with Crippen LogP contribution >= 0.6 is 0 Å². The molecule has 2 rings (SSSR count). The fourth-order valence-corrected chi connectivity index (χ4v) is 3.25. The average molecular weight is 290 g/mol. The Hall–Kier alpha value is -1.51. The van der Waals surface area contributed by atoms with E-state index in [0.29, 0.717) is 11.2 Å². The maximum absolute atomic E-state index is 12.2. The number of rotatable bonds is 5. The van der Waals surface area contributed by atoms with Gasteiger partial charge in [0.1, 0.15) is 11.5 Å². The minimum absolute atomic E-state index is 0.0528. The van der Waals surface area contributed by atoms with Gasteiger partial charge in [0.2, 0.25) is 0 Å². The Balaban J connectivity index is 1.87. The number of carbonyl (C=O) groups excluding carboxylic acids is 1. The Morgan fingerprint density at radius 2 is 1.76 bits per heavy atom. The van der Waals surface area contributed by atoms with Crippen molar-refractivity contribution in [2.45, 2.75) is 52.4 Å². The zero-order chi connectivity index (χ0) is 15.3. The quantitative estimate of drug-likeness (QED) is 0.587. The summed E-state index contributed by atoms with van der Waals surface area (Å²) in [6.07, 6.45) is 6.63.